The van der Waals surface area contributed by atoms with Crippen molar-refractivity contribution in [3.8, 4) is 0 Å². The van der Waals surface area contributed by atoms with Gasteiger partial charge in [0.25, 0.3) is 0 Å². The van der Waals surface area contributed by atoms with Crippen LogP contribution >= 0.6 is 11.3 Å². The molecule has 0 aliphatic rings. The highest BCUT2D eigenvalue weighted by atomic mass is 32.1. The molecule has 1 aromatic rings. The summed E-state index contributed by atoms with van der Waals surface area (Å²) in [5, 5.41) is 6.63. The summed E-state index contributed by atoms with van der Waals surface area (Å²) in [5.74, 6) is 0. The minimum Gasteiger partial charge on any atom is -0.375 e. The lowest BCUT2D eigenvalue weighted by molar-refractivity contribution is -0.000714. The van der Waals surface area contributed by atoms with Crippen LogP contribution in [0.15, 0.2) is 5.38 Å². The first-order valence-corrected chi connectivity index (χ1v) is 6.61. The monoisotopic (exact) mass is 242 g/mol. The highest BCUT2D eigenvalue weighted by molar-refractivity contribution is 7.09. The van der Waals surface area contributed by atoms with Gasteiger partial charge in [0.05, 0.1) is 22.9 Å². The van der Waals surface area contributed by atoms with Crippen LogP contribution in [0.1, 0.15) is 31.5 Å². The van der Waals surface area contributed by atoms with Crippen molar-refractivity contribution in [2.45, 2.75) is 39.7 Å². The predicted molar refractivity (Wildman–Crippen MR) is 69.1 cm³/mol. The minimum atomic E-state index is -0.0340. The topological polar surface area (TPSA) is 34.2 Å². The van der Waals surface area contributed by atoms with Crippen LogP contribution in [0.3, 0.4) is 0 Å². The van der Waals surface area contributed by atoms with Crippen LogP contribution in [-0.2, 0) is 11.2 Å². The Morgan fingerprint density at radius 3 is 2.69 bits per heavy atom. The average molecular weight is 242 g/mol. The van der Waals surface area contributed by atoms with Crippen molar-refractivity contribution < 1.29 is 4.74 Å². The molecule has 0 aliphatic carbocycles. The van der Waals surface area contributed by atoms with Gasteiger partial charge in [-0.1, -0.05) is 0 Å². The first-order valence-electron chi connectivity index (χ1n) is 5.73. The average Bonchev–Trinajstić information content (AvgIpc) is 2.56. The molecular formula is C12H22N2OS. The molecule has 4 heteroatoms. The van der Waals surface area contributed by atoms with Gasteiger partial charge in [-0.3, -0.25) is 0 Å². The Morgan fingerprint density at radius 1 is 1.38 bits per heavy atom. The van der Waals surface area contributed by atoms with E-state index in [4.69, 9.17) is 4.74 Å². The fraction of sp³-hybridized carbons (Fsp3) is 0.750. The van der Waals surface area contributed by atoms with Gasteiger partial charge in [0.1, 0.15) is 0 Å². The Labute approximate surface area is 102 Å². The van der Waals surface area contributed by atoms with Gasteiger partial charge < -0.3 is 10.1 Å². The highest BCUT2D eigenvalue weighted by Gasteiger charge is 2.08. The largest absolute Gasteiger partial charge is 0.375 e. The second kappa shape index (κ2) is 6.33. The van der Waals surface area contributed by atoms with Crippen molar-refractivity contribution >= 4 is 11.3 Å². The quantitative estimate of drug-likeness (QED) is 0.778. The molecule has 16 heavy (non-hydrogen) atoms. The maximum Gasteiger partial charge on any atom is 0.0897 e. The van der Waals surface area contributed by atoms with E-state index in [0.717, 1.165) is 31.1 Å². The number of nitrogens with one attached hydrogen (secondary N) is 1. The van der Waals surface area contributed by atoms with E-state index < -0.39 is 0 Å². The molecule has 0 fully saturated rings. The molecule has 0 atom stereocenters. The van der Waals surface area contributed by atoms with Gasteiger partial charge in [-0.05, 0) is 27.7 Å². The minimum absolute atomic E-state index is 0.0340. The second-order valence-corrected chi connectivity index (χ2v) is 5.88. The number of aromatic nitrogens is 1. The SMILES string of the molecule is Cc1nc(CCNCCOC(C)(C)C)cs1. The number of aryl methyl sites for hydroxylation is 1. The van der Waals surface area contributed by atoms with Crippen molar-refractivity contribution in [3.05, 3.63) is 16.1 Å². The number of thiazole rings is 1. The smallest absolute Gasteiger partial charge is 0.0897 e. The van der Waals surface area contributed by atoms with Crippen molar-refractivity contribution in [1.82, 2.24) is 10.3 Å². The first-order chi connectivity index (χ1) is 7.47. The fourth-order valence-electron chi connectivity index (χ4n) is 1.29. The zero-order valence-electron chi connectivity index (χ0n) is 10.7. The van der Waals surface area contributed by atoms with E-state index in [2.05, 4.69) is 36.5 Å². The van der Waals surface area contributed by atoms with E-state index >= 15 is 0 Å². The lowest BCUT2D eigenvalue weighted by atomic mass is 10.2. The van der Waals surface area contributed by atoms with Gasteiger partial charge >= 0.3 is 0 Å². The summed E-state index contributed by atoms with van der Waals surface area (Å²) in [4.78, 5) is 4.42. The molecule has 0 spiro atoms. The van der Waals surface area contributed by atoms with Crippen LogP contribution in [0.5, 0.6) is 0 Å². The van der Waals surface area contributed by atoms with Crippen LogP contribution in [0, 0.1) is 6.92 Å². The third-order valence-electron chi connectivity index (χ3n) is 2.04. The molecular weight excluding hydrogens is 220 g/mol. The van der Waals surface area contributed by atoms with Gasteiger partial charge in [-0.15, -0.1) is 11.3 Å². The molecule has 0 amide bonds. The maximum atomic E-state index is 5.61. The number of ether oxygens (including phenoxy) is 1. The van der Waals surface area contributed by atoms with Crippen molar-refractivity contribution in [2.75, 3.05) is 19.7 Å². The van der Waals surface area contributed by atoms with Gasteiger partial charge in [0, 0.05) is 24.9 Å². The first kappa shape index (κ1) is 13.6. The van der Waals surface area contributed by atoms with Crippen LogP contribution < -0.4 is 5.32 Å². The lowest BCUT2D eigenvalue weighted by Gasteiger charge is -2.19. The van der Waals surface area contributed by atoms with Crippen molar-refractivity contribution in [1.29, 1.82) is 0 Å². The highest BCUT2D eigenvalue weighted by Crippen LogP contribution is 2.08. The molecule has 0 aromatic carbocycles. The zero-order chi connectivity index (χ0) is 12.0. The molecule has 3 nitrogen and oxygen atoms in total. The predicted octanol–water partition coefficient (Wildman–Crippen LogP) is 2.40. The van der Waals surface area contributed by atoms with Gasteiger partial charge in [-0.25, -0.2) is 4.98 Å². The number of hydrogen-bond acceptors (Lipinski definition) is 4. The maximum absolute atomic E-state index is 5.61. The summed E-state index contributed by atoms with van der Waals surface area (Å²) in [6, 6.07) is 0. The fourth-order valence-corrected chi connectivity index (χ4v) is 1.94. The molecule has 0 bridgehead atoms. The van der Waals surface area contributed by atoms with E-state index in [0.29, 0.717) is 0 Å². The Hall–Kier alpha value is -0.450. The number of nitrogens with zero attached hydrogens (tertiary/aromatic N) is 1. The third-order valence-corrected chi connectivity index (χ3v) is 2.86. The summed E-state index contributed by atoms with van der Waals surface area (Å²) in [7, 11) is 0. The standard InChI is InChI=1S/C12H22N2OS/c1-10-14-11(9-16-10)5-6-13-7-8-15-12(2,3)4/h9,13H,5-8H2,1-4H3. The number of hydrogen-bond donors (Lipinski definition) is 1. The summed E-state index contributed by atoms with van der Waals surface area (Å²) in [6.45, 7) is 10.9. The summed E-state index contributed by atoms with van der Waals surface area (Å²) >= 11 is 1.71. The molecule has 1 N–H and O–H groups in total. The molecule has 0 radical (unpaired) electrons. The molecule has 0 unspecified atom stereocenters. The van der Waals surface area contributed by atoms with Crippen molar-refractivity contribution in [3.63, 3.8) is 0 Å². The summed E-state index contributed by atoms with van der Waals surface area (Å²) in [6.07, 6.45) is 1.000. The van der Waals surface area contributed by atoms with E-state index in [1.165, 1.54) is 5.69 Å². The summed E-state index contributed by atoms with van der Waals surface area (Å²) < 4.78 is 5.61. The van der Waals surface area contributed by atoms with Crippen LogP contribution in [-0.4, -0.2) is 30.3 Å². The third kappa shape index (κ3) is 6.20. The second-order valence-electron chi connectivity index (χ2n) is 4.82. The van der Waals surface area contributed by atoms with Gasteiger partial charge in [0.15, 0.2) is 0 Å². The van der Waals surface area contributed by atoms with Gasteiger partial charge in [0.2, 0.25) is 0 Å². The normalized spacial score (nSPS) is 12.0. The Balaban J connectivity index is 2.00. The molecule has 1 aromatic heterocycles. The van der Waals surface area contributed by atoms with Crippen LogP contribution in [0.2, 0.25) is 0 Å². The van der Waals surface area contributed by atoms with E-state index in [9.17, 15) is 0 Å². The van der Waals surface area contributed by atoms with E-state index in [1.807, 2.05) is 6.92 Å². The molecule has 0 saturated heterocycles. The van der Waals surface area contributed by atoms with Crippen molar-refractivity contribution in [2.24, 2.45) is 0 Å². The summed E-state index contributed by atoms with van der Waals surface area (Å²) in [5.41, 5.74) is 1.15. The molecule has 92 valence electrons. The molecule has 1 rings (SSSR count). The Bertz CT molecular complexity index is 304. The van der Waals surface area contributed by atoms with E-state index in [-0.39, 0.29) is 5.60 Å². The molecule has 1 heterocycles. The molecule has 0 aliphatic heterocycles. The number of rotatable bonds is 6. The van der Waals surface area contributed by atoms with E-state index in [1.54, 1.807) is 11.3 Å². The zero-order valence-corrected chi connectivity index (χ0v) is 11.5. The Kier molecular flexibility index (Phi) is 5.38. The molecule has 0 saturated carbocycles. The Morgan fingerprint density at radius 2 is 2.12 bits per heavy atom. The lowest BCUT2D eigenvalue weighted by Crippen LogP contribution is -2.27. The van der Waals surface area contributed by atoms with Crippen LogP contribution in [0.25, 0.3) is 0 Å². The van der Waals surface area contributed by atoms with Gasteiger partial charge in [-0.2, -0.15) is 0 Å². The van der Waals surface area contributed by atoms with Crippen LogP contribution in [0.4, 0.5) is 0 Å².